The first kappa shape index (κ1) is 75.6. The highest BCUT2D eigenvalue weighted by molar-refractivity contribution is 5.76. The van der Waals surface area contributed by atoms with Gasteiger partial charge in [-0.15, -0.1) is 0 Å². The number of nitrogens with one attached hydrogen (secondary N) is 1. The number of unbranched alkanes of at least 4 members (excludes halogenated alkanes) is 54. The lowest BCUT2D eigenvalue weighted by Crippen LogP contribution is -2.45. The van der Waals surface area contributed by atoms with Gasteiger partial charge in [0.05, 0.1) is 25.4 Å². The quantitative estimate of drug-likeness (QED) is 0.0320. The van der Waals surface area contributed by atoms with Gasteiger partial charge in [0.25, 0.3) is 0 Å². The molecule has 0 aliphatic carbocycles. The molecule has 0 bridgehead atoms. The molecule has 2 unspecified atom stereocenters. The highest BCUT2D eigenvalue weighted by Gasteiger charge is 2.20. The molecule has 0 aromatic rings. The van der Waals surface area contributed by atoms with Crippen molar-refractivity contribution in [1.82, 2.24) is 5.32 Å². The number of allylic oxidation sites excluding steroid dienone is 2. The number of aliphatic hydroxyl groups excluding tert-OH is 2. The van der Waals surface area contributed by atoms with Gasteiger partial charge in [-0.1, -0.05) is 353 Å². The number of rotatable bonds is 67. The molecule has 0 aromatic heterocycles. The summed E-state index contributed by atoms with van der Waals surface area (Å²) in [5.74, 6) is -0.0134. The predicted octanol–water partition coefficient (Wildman–Crippen LogP) is 22.8. The van der Waals surface area contributed by atoms with Crippen molar-refractivity contribution in [3.63, 3.8) is 0 Å². The second-order valence-electron chi connectivity index (χ2n) is 24.6. The maximum Gasteiger partial charge on any atom is 0.305 e. The number of amides is 1. The summed E-state index contributed by atoms with van der Waals surface area (Å²) in [5.41, 5.74) is 0. The molecule has 0 fully saturated rings. The van der Waals surface area contributed by atoms with Crippen LogP contribution in [0.3, 0.4) is 0 Å². The molecule has 6 nitrogen and oxygen atoms in total. The van der Waals surface area contributed by atoms with Crippen molar-refractivity contribution in [2.45, 2.75) is 418 Å². The van der Waals surface area contributed by atoms with Gasteiger partial charge >= 0.3 is 5.97 Å². The third-order valence-corrected chi connectivity index (χ3v) is 16.8. The number of hydrogen-bond donors (Lipinski definition) is 3. The maximum absolute atomic E-state index is 12.5. The van der Waals surface area contributed by atoms with E-state index in [4.69, 9.17) is 4.74 Å². The second kappa shape index (κ2) is 67.1. The molecule has 6 heteroatoms. The van der Waals surface area contributed by atoms with Gasteiger partial charge in [0.1, 0.15) is 0 Å². The summed E-state index contributed by atoms with van der Waals surface area (Å²) >= 11 is 0. The van der Waals surface area contributed by atoms with Gasteiger partial charge in [-0.2, -0.15) is 0 Å². The molecule has 0 saturated heterocycles. The van der Waals surface area contributed by atoms with E-state index in [0.717, 1.165) is 38.5 Å². The average molecular weight is 1090 g/mol. The first-order chi connectivity index (χ1) is 38.0. The zero-order valence-electron chi connectivity index (χ0n) is 52.5. The van der Waals surface area contributed by atoms with Gasteiger partial charge in [0.15, 0.2) is 0 Å². The fourth-order valence-electron chi connectivity index (χ4n) is 11.4. The minimum absolute atomic E-state index is 0.0198. The zero-order chi connectivity index (χ0) is 55.7. The smallest absolute Gasteiger partial charge is 0.305 e. The molecule has 0 aliphatic rings. The minimum Gasteiger partial charge on any atom is -0.466 e. The fraction of sp³-hybridized carbons (Fsp3) is 0.944. The Morgan fingerprint density at radius 3 is 0.922 bits per heavy atom. The van der Waals surface area contributed by atoms with E-state index in [2.05, 4.69) is 31.3 Å². The predicted molar refractivity (Wildman–Crippen MR) is 338 cm³/mol. The summed E-state index contributed by atoms with van der Waals surface area (Å²) in [6.45, 7) is 5.00. The Hall–Kier alpha value is -1.40. The summed E-state index contributed by atoms with van der Waals surface area (Å²) in [7, 11) is 0. The number of aliphatic hydroxyl groups is 2. The van der Waals surface area contributed by atoms with E-state index in [1.54, 1.807) is 0 Å². The molecule has 3 N–H and O–H groups in total. The van der Waals surface area contributed by atoms with Crippen molar-refractivity contribution in [2.75, 3.05) is 13.2 Å². The van der Waals surface area contributed by atoms with Crippen molar-refractivity contribution >= 4 is 11.9 Å². The molecule has 0 spiro atoms. The van der Waals surface area contributed by atoms with Crippen molar-refractivity contribution in [3.8, 4) is 0 Å². The van der Waals surface area contributed by atoms with Gasteiger partial charge in [-0.3, -0.25) is 9.59 Å². The summed E-state index contributed by atoms with van der Waals surface area (Å²) in [6, 6.07) is -0.542. The van der Waals surface area contributed by atoms with Crippen LogP contribution >= 0.6 is 0 Å². The summed E-state index contributed by atoms with van der Waals surface area (Å²) in [6.07, 6.45) is 82.6. The third kappa shape index (κ3) is 63.6. The summed E-state index contributed by atoms with van der Waals surface area (Å²) < 4.78 is 5.51. The Bertz CT molecular complexity index is 1160. The van der Waals surface area contributed by atoms with Crippen molar-refractivity contribution in [2.24, 2.45) is 0 Å². The number of carbonyl (C=O) groups is 2. The van der Waals surface area contributed by atoms with E-state index >= 15 is 0 Å². The largest absolute Gasteiger partial charge is 0.466 e. The fourth-order valence-corrected chi connectivity index (χ4v) is 11.4. The Morgan fingerprint density at radius 2 is 0.610 bits per heavy atom. The average Bonchev–Trinajstić information content (AvgIpc) is 3.43. The van der Waals surface area contributed by atoms with E-state index < -0.39 is 12.1 Å². The van der Waals surface area contributed by atoms with Gasteiger partial charge < -0.3 is 20.3 Å². The molecule has 0 radical (unpaired) electrons. The molecule has 0 saturated carbocycles. The third-order valence-electron chi connectivity index (χ3n) is 16.8. The Balaban J connectivity index is 3.36. The Kier molecular flexibility index (Phi) is 65.9. The standard InChI is InChI=1S/C71H139NO5/c1-3-5-7-9-11-13-15-17-19-21-33-37-41-45-49-53-57-61-65-71(76)77-66-62-58-54-50-46-42-38-34-31-29-27-25-23-22-24-26-28-30-32-36-40-44-48-52-56-60-64-70(75)72-68(67-73)69(74)63-59-55-51-47-43-39-35-20-18-16-14-12-10-8-6-4-2/h22,24,68-69,73-74H,3-21,23,25-67H2,1-2H3,(H,72,75)/b24-22-. The van der Waals surface area contributed by atoms with E-state index in [9.17, 15) is 19.8 Å². The van der Waals surface area contributed by atoms with Crippen molar-refractivity contribution in [1.29, 1.82) is 0 Å². The highest BCUT2D eigenvalue weighted by atomic mass is 16.5. The maximum atomic E-state index is 12.5. The van der Waals surface area contributed by atoms with Crippen LogP contribution in [-0.2, 0) is 14.3 Å². The van der Waals surface area contributed by atoms with E-state index in [1.807, 2.05) is 0 Å². The van der Waals surface area contributed by atoms with E-state index in [-0.39, 0.29) is 18.5 Å². The van der Waals surface area contributed by atoms with Crippen LogP contribution < -0.4 is 5.32 Å². The van der Waals surface area contributed by atoms with Crippen LogP contribution in [0.2, 0.25) is 0 Å². The van der Waals surface area contributed by atoms with Crippen LogP contribution in [0.5, 0.6) is 0 Å². The highest BCUT2D eigenvalue weighted by Crippen LogP contribution is 2.19. The first-order valence-electron chi connectivity index (χ1n) is 35.4. The summed E-state index contributed by atoms with van der Waals surface area (Å²) in [4.78, 5) is 24.6. The van der Waals surface area contributed by atoms with E-state index in [0.29, 0.717) is 25.9 Å². The number of hydrogen-bond acceptors (Lipinski definition) is 5. The Labute approximate surface area is 482 Å². The lowest BCUT2D eigenvalue weighted by atomic mass is 10.0. The first-order valence-corrected chi connectivity index (χ1v) is 35.4. The Morgan fingerprint density at radius 1 is 0.351 bits per heavy atom. The van der Waals surface area contributed by atoms with Crippen molar-refractivity contribution in [3.05, 3.63) is 12.2 Å². The lowest BCUT2D eigenvalue weighted by Gasteiger charge is -2.22. The second-order valence-corrected chi connectivity index (χ2v) is 24.6. The lowest BCUT2D eigenvalue weighted by molar-refractivity contribution is -0.143. The molecule has 0 aliphatic heterocycles. The van der Waals surface area contributed by atoms with Gasteiger partial charge in [0, 0.05) is 12.8 Å². The number of carbonyl (C=O) groups excluding carboxylic acids is 2. The van der Waals surface area contributed by atoms with Crippen LogP contribution in [0.15, 0.2) is 12.2 Å². The van der Waals surface area contributed by atoms with Crippen LogP contribution in [0.1, 0.15) is 406 Å². The van der Waals surface area contributed by atoms with Gasteiger partial charge in [0.2, 0.25) is 5.91 Å². The molecule has 2 atom stereocenters. The van der Waals surface area contributed by atoms with Crippen molar-refractivity contribution < 1.29 is 24.5 Å². The minimum atomic E-state index is -0.665. The van der Waals surface area contributed by atoms with Gasteiger partial charge in [-0.25, -0.2) is 0 Å². The molecular formula is C71H139NO5. The van der Waals surface area contributed by atoms with Crippen LogP contribution in [-0.4, -0.2) is 47.4 Å². The zero-order valence-corrected chi connectivity index (χ0v) is 52.5. The number of esters is 1. The molecule has 458 valence electrons. The van der Waals surface area contributed by atoms with Crippen LogP contribution in [0.4, 0.5) is 0 Å². The molecule has 0 aromatic carbocycles. The molecule has 77 heavy (non-hydrogen) atoms. The van der Waals surface area contributed by atoms with Crippen LogP contribution in [0.25, 0.3) is 0 Å². The molecule has 0 rings (SSSR count). The number of ether oxygens (including phenoxy) is 1. The monoisotopic (exact) mass is 1090 g/mol. The van der Waals surface area contributed by atoms with Gasteiger partial charge in [-0.05, 0) is 51.4 Å². The topological polar surface area (TPSA) is 95.9 Å². The SMILES string of the molecule is CCCCCCCCCCCCCCCCCCCCC(=O)OCCCCCCCCCCCCCC/C=C\CCCCCCCCCCCCC(=O)NC(CO)C(O)CCCCCCCCCCCCCCCCCC. The van der Waals surface area contributed by atoms with E-state index in [1.165, 1.54) is 334 Å². The molecular weight excluding hydrogens is 947 g/mol. The molecule has 0 heterocycles. The summed E-state index contributed by atoms with van der Waals surface area (Å²) in [5, 5.41) is 23.3. The normalized spacial score (nSPS) is 12.5. The van der Waals surface area contributed by atoms with Crippen LogP contribution in [0, 0.1) is 0 Å². The molecule has 1 amide bonds.